The normalized spacial score (nSPS) is 10.1. The van der Waals surface area contributed by atoms with Crippen molar-refractivity contribution >= 4 is 17.3 Å². The van der Waals surface area contributed by atoms with E-state index in [9.17, 15) is 23.7 Å². The predicted molar refractivity (Wildman–Crippen MR) is 67.4 cm³/mol. The summed E-state index contributed by atoms with van der Waals surface area (Å²) in [6.07, 6.45) is 0. The minimum atomic E-state index is -0.872. The maximum Gasteiger partial charge on any atom is 0.274 e. The number of hydrogen-bond acceptors (Lipinski definition) is 3. The van der Waals surface area contributed by atoms with Gasteiger partial charge in [-0.3, -0.25) is 14.9 Å². The number of nitro groups is 1. The van der Waals surface area contributed by atoms with Crippen LogP contribution in [-0.4, -0.2) is 10.8 Å². The van der Waals surface area contributed by atoms with Crippen molar-refractivity contribution in [1.82, 2.24) is 0 Å². The maximum absolute atomic E-state index is 13.4. The highest BCUT2D eigenvalue weighted by molar-refractivity contribution is 6.04. The number of nitro benzene ring substituents is 1. The third kappa shape index (κ3) is 2.94. The molecule has 20 heavy (non-hydrogen) atoms. The first-order valence-electron chi connectivity index (χ1n) is 5.48. The van der Waals surface area contributed by atoms with E-state index in [1.807, 2.05) is 0 Å². The number of carbonyl (C=O) groups excluding carboxylic acids is 1. The van der Waals surface area contributed by atoms with Gasteiger partial charge in [0.2, 0.25) is 0 Å². The number of benzene rings is 2. The molecule has 1 N–H and O–H groups in total. The highest BCUT2D eigenvalue weighted by Crippen LogP contribution is 2.21. The van der Waals surface area contributed by atoms with Gasteiger partial charge in [0.15, 0.2) is 0 Å². The first-order chi connectivity index (χ1) is 9.47. The van der Waals surface area contributed by atoms with Crippen molar-refractivity contribution in [2.24, 2.45) is 0 Å². The fourth-order valence-electron chi connectivity index (χ4n) is 1.60. The molecule has 2 rings (SSSR count). The first-order valence-corrected chi connectivity index (χ1v) is 5.48. The van der Waals surface area contributed by atoms with Gasteiger partial charge in [0, 0.05) is 6.07 Å². The van der Waals surface area contributed by atoms with Gasteiger partial charge in [-0.25, -0.2) is 8.78 Å². The molecule has 102 valence electrons. The number of anilines is 1. The molecule has 1 amide bonds. The third-order valence-electron chi connectivity index (χ3n) is 2.47. The average molecular weight is 278 g/mol. The molecule has 2 aromatic carbocycles. The molecular weight excluding hydrogens is 270 g/mol. The van der Waals surface area contributed by atoms with Crippen LogP contribution in [0.15, 0.2) is 42.5 Å². The second-order valence-corrected chi connectivity index (χ2v) is 3.89. The Morgan fingerprint density at radius 3 is 2.50 bits per heavy atom. The van der Waals surface area contributed by atoms with Crippen LogP contribution >= 0.6 is 0 Å². The Labute approximate surface area is 112 Å². The van der Waals surface area contributed by atoms with Gasteiger partial charge in [-0.15, -0.1) is 0 Å². The molecule has 0 unspecified atom stereocenters. The zero-order chi connectivity index (χ0) is 14.7. The van der Waals surface area contributed by atoms with E-state index >= 15 is 0 Å². The Morgan fingerprint density at radius 2 is 1.85 bits per heavy atom. The fourth-order valence-corrected chi connectivity index (χ4v) is 1.60. The van der Waals surface area contributed by atoms with Crippen LogP contribution in [-0.2, 0) is 0 Å². The van der Waals surface area contributed by atoms with Gasteiger partial charge in [-0.1, -0.05) is 12.1 Å². The molecule has 0 aliphatic carbocycles. The second kappa shape index (κ2) is 5.43. The number of carbonyl (C=O) groups is 1. The summed E-state index contributed by atoms with van der Waals surface area (Å²) in [6, 6.07) is 7.85. The number of nitrogens with one attached hydrogen (secondary N) is 1. The van der Waals surface area contributed by atoms with E-state index in [2.05, 4.69) is 5.32 Å². The highest BCUT2D eigenvalue weighted by Gasteiger charge is 2.14. The van der Waals surface area contributed by atoms with Crippen LogP contribution in [0.25, 0.3) is 0 Å². The lowest BCUT2D eigenvalue weighted by Crippen LogP contribution is -2.13. The molecule has 0 radical (unpaired) electrons. The molecular formula is C13H8F2N2O3. The summed E-state index contributed by atoms with van der Waals surface area (Å²) in [5.41, 5.74) is -0.863. The quantitative estimate of drug-likeness (QED) is 0.692. The van der Waals surface area contributed by atoms with E-state index in [4.69, 9.17) is 0 Å². The number of amides is 1. The molecule has 2 aromatic rings. The molecule has 0 aliphatic rings. The zero-order valence-electron chi connectivity index (χ0n) is 9.97. The van der Waals surface area contributed by atoms with Crippen LogP contribution in [0.4, 0.5) is 20.2 Å². The molecule has 0 aliphatic heterocycles. The first kappa shape index (κ1) is 13.6. The van der Waals surface area contributed by atoms with E-state index < -0.39 is 28.2 Å². The van der Waals surface area contributed by atoms with Crippen molar-refractivity contribution in [2.75, 3.05) is 5.32 Å². The van der Waals surface area contributed by atoms with Crippen LogP contribution in [0.1, 0.15) is 10.4 Å². The molecule has 7 heteroatoms. The molecule has 0 fully saturated rings. The molecule has 0 heterocycles. The van der Waals surface area contributed by atoms with Crippen LogP contribution < -0.4 is 5.32 Å². The van der Waals surface area contributed by atoms with Gasteiger partial charge >= 0.3 is 0 Å². The summed E-state index contributed by atoms with van der Waals surface area (Å²) in [5.74, 6) is -2.43. The van der Waals surface area contributed by atoms with Crippen LogP contribution in [0.5, 0.6) is 0 Å². The van der Waals surface area contributed by atoms with Crippen molar-refractivity contribution < 1.29 is 18.5 Å². The smallest absolute Gasteiger partial charge is 0.274 e. The lowest BCUT2D eigenvalue weighted by atomic mass is 10.2. The number of non-ortho nitro benzene ring substituents is 1. The van der Waals surface area contributed by atoms with Crippen molar-refractivity contribution in [3.63, 3.8) is 0 Å². The van der Waals surface area contributed by atoms with E-state index in [0.717, 1.165) is 24.3 Å². The standard InChI is InChI=1S/C13H8F2N2O3/c14-8-5-9(7-10(6-8)17(19)20)16-13(18)11-3-1-2-4-12(11)15/h1-7H,(H,16,18). The Morgan fingerprint density at radius 1 is 1.15 bits per heavy atom. The van der Waals surface area contributed by atoms with Crippen molar-refractivity contribution in [3.05, 3.63) is 69.8 Å². The lowest BCUT2D eigenvalue weighted by Gasteiger charge is -2.06. The number of hydrogen-bond donors (Lipinski definition) is 1. The second-order valence-electron chi connectivity index (χ2n) is 3.89. The van der Waals surface area contributed by atoms with E-state index in [1.54, 1.807) is 0 Å². The van der Waals surface area contributed by atoms with Gasteiger partial charge in [0.1, 0.15) is 11.6 Å². The molecule has 0 bridgehead atoms. The zero-order valence-corrected chi connectivity index (χ0v) is 9.97. The lowest BCUT2D eigenvalue weighted by molar-refractivity contribution is -0.385. The maximum atomic E-state index is 13.4. The van der Waals surface area contributed by atoms with E-state index in [1.165, 1.54) is 18.2 Å². The summed E-state index contributed by atoms with van der Waals surface area (Å²) < 4.78 is 26.6. The molecule has 0 saturated heterocycles. The summed E-state index contributed by atoms with van der Waals surface area (Å²) in [4.78, 5) is 21.6. The minimum Gasteiger partial charge on any atom is -0.322 e. The Bertz CT molecular complexity index is 689. The summed E-state index contributed by atoms with van der Waals surface area (Å²) in [5, 5.41) is 12.8. The summed E-state index contributed by atoms with van der Waals surface area (Å²) >= 11 is 0. The van der Waals surface area contributed by atoms with Crippen molar-refractivity contribution in [1.29, 1.82) is 0 Å². The van der Waals surface area contributed by atoms with Gasteiger partial charge in [0.05, 0.1) is 22.2 Å². The largest absolute Gasteiger partial charge is 0.322 e. The number of halogens is 2. The van der Waals surface area contributed by atoms with Gasteiger partial charge in [-0.2, -0.15) is 0 Å². The minimum absolute atomic E-state index is 0.120. The number of nitrogens with zero attached hydrogens (tertiary/aromatic N) is 1. The van der Waals surface area contributed by atoms with E-state index in [-0.39, 0.29) is 11.3 Å². The predicted octanol–water partition coefficient (Wildman–Crippen LogP) is 3.13. The van der Waals surface area contributed by atoms with Crippen molar-refractivity contribution in [2.45, 2.75) is 0 Å². The van der Waals surface area contributed by atoms with E-state index in [0.29, 0.717) is 0 Å². The van der Waals surface area contributed by atoms with Gasteiger partial charge in [-0.05, 0) is 18.2 Å². The average Bonchev–Trinajstić information content (AvgIpc) is 2.38. The highest BCUT2D eigenvalue weighted by atomic mass is 19.1. The topological polar surface area (TPSA) is 72.2 Å². The van der Waals surface area contributed by atoms with Crippen LogP contribution in [0.2, 0.25) is 0 Å². The third-order valence-corrected chi connectivity index (χ3v) is 2.47. The molecule has 0 atom stereocenters. The Hall–Kier alpha value is -2.83. The molecule has 5 nitrogen and oxygen atoms in total. The molecule has 0 spiro atoms. The van der Waals surface area contributed by atoms with Gasteiger partial charge < -0.3 is 5.32 Å². The Kier molecular flexibility index (Phi) is 3.69. The van der Waals surface area contributed by atoms with Crippen LogP contribution in [0.3, 0.4) is 0 Å². The SMILES string of the molecule is O=C(Nc1cc(F)cc([N+](=O)[O-])c1)c1ccccc1F. The Balaban J connectivity index is 2.28. The van der Waals surface area contributed by atoms with Crippen LogP contribution in [0, 0.1) is 21.7 Å². The number of rotatable bonds is 3. The van der Waals surface area contributed by atoms with Gasteiger partial charge in [0.25, 0.3) is 11.6 Å². The monoisotopic (exact) mass is 278 g/mol. The molecule has 0 aromatic heterocycles. The summed E-state index contributed by atoms with van der Waals surface area (Å²) in [7, 11) is 0. The molecule has 0 saturated carbocycles. The fraction of sp³-hybridized carbons (Fsp3) is 0. The van der Waals surface area contributed by atoms with Crippen molar-refractivity contribution in [3.8, 4) is 0 Å². The summed E-state index contributed by atoms with van der Waals surface area (Å²) in [6.45, 7) is 0.